The lowest BCUT2D eigenvalue weighted by Crippen LogP contribution is -2.36. The maximum Gasteiger partial charge on any atom is 0.269 e. The van der Waals surface area contributed by atoms with Crippen LogP contribution in [0.4, 0.5) is 0 Å². The SMILES string of the molecule is Cc1ncn(C)c1C(=O)NCC1CCCCO1. The van der Waals surface area contributed by atoms with E-state index in [9.17, 15) is 4.79 Å². The van der Waals surface area contributed by atoms with Crippen LogP contribution in [0, 0.1) is 6.92 Å². The van der Waals surface area contributed by atoms with Crippen molar-refractivity contribution in [1.29, 1.82) is 0 Å². The second kappa shape index (κ2) is 5.31. The molecule has 1 fully saturated rings. The lowest BCUT2D eigenvalue weighted by molar-refractivity contribution is 0.0168. The van der Waals surface area contributed by atoms with E-state index in [1.54, 1.807) is 10.9 Å². The number of aryl methyl sites for hydroxylation is 2. The molecule has 2 rings (SSSR count). The van der Waals surface area contributed by atoms with Gasteiger partial charge in [0.2, 0.25) is 0 Å². The zero-order chi connectivity index (χ0) is 12.3. The van der Waals surface area contributed by atoms with Crippen LogP contribution in [0.5, 0.6) is 0 Å². The Hall–Kier alpha value is -1.36. The Kier molecular flexibility index (Phi) is 3.78. The highest BCUT2D eigenvalue weighted by molar-refractivity contribution is 5.93. The maximum atomic E-state index is 12.0. The Balaban J connectivity index is 1.89. The molecule has 1 aliphatic rings. The predicted octanol–water partition coefficient (Wildman–Crippen LogP) is 1.03. The molecule has 5 heteroatoms. The van der Waals surface area contributed by atoms with Crippen molar-refractivity contribution >= 4 is 5.91 Å². The highest BCUT2D eigenvalue weighted by atomic mass is 16.5. The summed E-state index contributed by atoms with van der Waals surface area (Å²) in [6.45, 7) is 3.24. The average Bonchev–Trinajstić information content (AvgIpc) is 2.67. The number of ether oxygens (including phenoxy) is 1. The molecule has 1 aromatic heterocycles. The van der Waals surface area contributed by atoms with Gasteiger partial charge in [0.05, 0.1) is 18.1 Å². The molecule has 0 saturated carbocycles. The second-order valence-electron chi connectivity index (χ2n) is 4.49. The van der Waals surface area contributed by atoms with Gasteiger partial charge in [0.15, 0.2) is 0 Å². The van der Waals surface area contributed by atoms with Crippen LogP contribution in [-0.4, -0.2) is 34.7 Å². The summed E-state index contributed by atoms with van der Waals surface area (Å²) in [5.41, 5.74) is 1.38. The standard InChI is InChI=1S/C12H19N3O2/c1-9-11(15(2)8-14-9)12(16)13-7-10-5-3-4-6-17-10/h8,10H,3-7H2,1-2H3,(H,13,16). The van der Waals surface area contributed by atoms with Crippen LogP contribution in [0.1, 0.15) is 35.4 Å². The normalized spacial score (nSPS) is 20.2. The van der Waals surface area contributed by atoms with Gasteiger partial charge in [-0.1, -0.05) is 0 Å². The molecule has 1 atom stereocenters. The summed E-state index contributed by atoms with van der Waals surface area (Å²) in [6, 6.07) is 0. The maximum absolute atomic E-state index is 12.0. The summed E-state index contributed by atoms with van der Waals surface area (Å²) in [5, 5.41) is 2.91. The number of imidazole rings is 1. The van der Waals surface area contributed by atoms with Crippen molar-refractivity contribution in [2.75, 3.05) is 13.2 Å². The molecule has 17 heavy (non-hydrogen) atoms. The fourth-order valence-corrected chi connectivity index (χ4v) is 2.13. The van der Waals surface area contributed by atoms with E-state index in [0.717, 1.165) is 25.1 Å². The second-order valence-corrected chi connectivity index (χ2v) is 4.49. The first kappa shape index (κ1) is 12.1. The average molecular weight is 237 g/mol. The molecule has 0 aliphatic carbocycles. The molecular formula is C12H19N3O2. The topological polar surface area (TPSA) is 56.2 Å². The van der Waals surface area contributed by atoms with E-state index in [1.807, 2.05) is 14.0 Å². The largest absolute Gasteiger partial charge is 0.376 e. The molecule has 5 nitrogen and oxygen atoms in total. The minimum atomic E-state index is -0.0725. The number of hydrogen-bond donors (Lipinski definition) is 1. The van der Waals surface area contributed by atoms with Gasteiger partial charge >= 0.3 is 0 Å². The number of carbonyl (C=O) groups excluding carboxylic acids is 1. The molecule has 0 radical (unpaired) electrons. The summed E-state index contributed by atoms with van der Waals surface area (Å²) in [6.07, 6.45) is 5.17. The van der Waals surface area contributed by atoms with Crippen LogP contribution in [-0.2, 0) is 11.8 Å². The summed E-state index contributed by atoms with van der Waals surface area (Å²) < 4.78 is 7.31. The van der Waals surface area contributed by atoms with Gasteiger partial charge in [0.1, 0.15) is 5.69 Å². The van der Waals surface area contributed by atoms with Crippen molar-refractivity contribution in [3.8, 4) is 0 Å². The van der Waals surface area contributed by atoms with Crippen molar-refractivity contribution in [2.45, 2.75) is 32.3 Å². The van der Waals surface area contributed by atoms with Gasteiger partial charge in [-0.15, -0.1) is 0 Å². The number of amides is 1. The molecule has 0 spiro atoms. The van der Waals surface area contributed by atoms with Crippen LogP contribution in [0.15, 0.2) is 6.33 Å². The molecule has 1 saturated heterocycles. The Morgan fingerprint density at radius 3 is 3.06 bits per heavy atom. The first-order valence-electron chi connectivity index (χ1n) is 6.06. The van der Waals surface area contributed by atoms with Gasteiger partial charge in [0, 0.05) is 20.2 Å². The molecule has 1 aromatic rings. The molecule has 1 aliphatic heterocycles. The van der Waals surface area contributed by atoms with Crippen molar-refractivity contribution in [1.82, 2.24) is 14.9 Å². The molecule has 2 heterocycles. The van der Waals surface area contributed by atoms with Crippen LogP contribution in [0.25, 0.3) is 0 Å². The monoisotopic (exact) mass is 237 g/mol. The minimum Gasteiger partial charge on any atom is -0.376 e. The number of nitrogens with zero attached hydrogens (tertiary/aromatic N) is 2. The Labute approximate surface area is 101 Å². The van der Waals surface area contributed by atoms with Crippen LogP contribution in [0.2, 0.25) is 0 Å². The number of carbonyl (C=O) groups is 1. The van der Waals surface area contributed by atoms with Gasteiger partial charge in [0.25, 0.3) is 5.91 Å². The number of hydrogen-bond acceptors (Lipinski definition) is 3. The van der Waals surface area contributed by atoms with E-state index < -0.39 is 0 Å². The van der Waals surface area contributed by atoms with Crippen molar-refractivity contribution < 1.29 is 9.53 Å². The third-order valence-corrected chi connectivity index (χ3v) is 3.10. The Morgan fingerprint density at radius 2 is 2.47 bits per heavy atom. The molecule has 0 bridgehead atoms. The van der Waals surface area contributed by atoms with Gasteiger partial charge < -0.3 is 14.6 Å². The summed E-state index contributed by atoms with van der Waals surface area (Å²) >= 11 is 0. The highest BCUT2D eigenvalue weighted by Crippen LogP contribution is 2.12. The summed E-state index contributed by atoms with van der Waals surface area (Å²) in [4.78, 5) is 16.1. The molecule has 1 amide bonds. The van der Waals surface area contributed by atoms with E-state index >= 15 is 0 Å². The van der Waals surface area contributed by atoms with Crippen molar-refractivity contribution in [3.63, 3.8) is 0 Å². The number of rotatable bonds is 3. The van der Waals surface area contributed by atoms with Crippen LogP contribution in [0.3, 0.4) is 0 Å². The van der Waals surface area contributed by atoms with Crippen molar-refractivity contribution in [2.24, 2.45) is 7.05 Å². The van der Waals surface area contributed by atoms with Gasteiger partial charge in [-0.05, 0) is 26.2 Å². The van der Waals surface area contributed by atoms with Gasteiger partial charge in [-0.25, -0.2) is 4.98 Å². The fourth-order valence-electron chi connectivity index (χ4n) is 2.13. The lowest BCUT2D eigenvalue weighted by atomic mass is 10.1. The number of nitrogens with one attached hydrogen (secondary N) is 1. The first-order valence-corrected chi connectivity index (χ1v) is 6.06. The molecule has 1 unspecified atom stereocenters. The van der Waals surface area contributed by atoms with E-state index in [2.05, 4.69) is 10.3 Å². The lowest BCUT2D eigenvalue weighted by Gasteiger charge is -2.22. The third-order valence-electron chi connectivity index (χ3n) is 3.10. The summed E-state index contributed by atoms with van der Waals surface area (Å²) in [5.74, 6) is -0.0725. The molecular weight excluding hydrogens is 218 g/mol. The molecule has 0 aromatic carbocycles. The van der Waals surface area contributed by atoms with Crippen LogP contribution >= 0.6 is 0 Å². The molecule has 94 valence electrons. The smallest absolute Gasteiger partial charge is 0.269 e. The van der Waals surface area contributed by atoms with E-state index in [1.165, 1.54) is 6.42 Å². The third kappa shape index (κ3) is 2.85. The van der Waals surface area contributed by atoms with E-state index in [4.69, 9.17) is 4.74 Å². The first-order chi connectivity index (χ1) is 8.18. The number of aromatic nitrogens is 2. The fraction of sp³-hybridized carbons (Fsp3) is 0.667. The Bertz CT molecular complexity index is 375. The van der Waals surface area contributed by atoms with Crippen molar-refractivity contribution in [3.05, 3.63) is 17.7 Å². The van der Waals surface area contributed by atoms with E-state index in [-0.39, 0.29) is 12.0 Å². The predicted molar refractivity (Wildman–Crippen MR) is 63.9 cm³/mol. The van der Waals surface area contributed by atoms with Crippen LogP contribution < -0.4 is 5.32 Å². The summed E-state index contributed by atoms with van der Waals surface area (Å²) in [7, 11) is 1.83. The van der Waals surface area contributed by atoms with E-state index in [0.29, 0.717) is 12.2 Å². The van der Waals surface area contributed by atoms with Gasteiger partial charge in [-0.3, -0.25) is 4.79 Å². The van der Waals surface area contributed by atoms with Gasteiger partial charge in [-0.2, -0.15) is 0 Å². The highest BCUT2D eigenvalue weighted by Gasteiger charge is 2.18. The zero-order valence-electron chi connectivity index (χ0n) is 10.4. The zero-order valence-corrected chi connectivity index (χ0v) is 10.4. The minimum absolute atomic E-state index is 0.0725. The Morgan fingerprint density at radius 1 is 1.65 bits per heavy atom. The quantitative estimate of drug-likeness (QED) is 0.854. The molecule has 1 N–H and O–H groups in total.